The zero-order valence-electron chi connectivity index (χ0n) is 12.7. The largest absolute Gasteiger partial charge is 0.316 e. The second-order valence-electron chi connectivity index (χ2n) is 6.01. The number of hydrogen-bond acceptors (Lipinski definition) is 2. The summed E-state index contributed by atoms with van der Waals surface area (Å²) in [6, 6.07) is 9.71. The average Bonchev–Trinajstić information content (AvgIpc) is 2.36. The van der Waals surface area contributed by atoms with Crippen LogP contribution in [0.1, 0.15) is 37.3 Å². The average molecular weight is 260 g/mol. The van der Waals surface area contributed by atoms with Gasteiger partial charge in [-0.15, -0.1) is 0 Å². The summed E-state index contributed by atoms with van der Waals surface area (Å²) in [7, 11) is 2.27. The highest BCUT2D eigenvalue weighted by atomic mass is 15.1. The summed E-state index contributed by atoms with van der Waals surface area (Å²) < 4.78 is 0. The molecule has 0 saturated heterocycles. The molecular formula is C17H28N2. The van der Waals surface area contributed by atoms with Gasteiger partial charge in [0.25, 0.3) is 0 Å². The maximum absolute atomic E-state index is 3.57. The Morgan fingerprint density at radius 1 is 1.21 bits per heavy atom. The Kier molecular flexibility index (Phi) is 5.41. The van der Waals surface area contributed by atoms with Crippen LogP contribution in [0.3, 0.4) is 0 Å². The molecule has 1 saturated carbocycles. The van der Waals surface area contributed by atoms with Crippen molar-refractivity contribution in [2.75, 3.05) is 20.1 Å². The van der Waals surface area contributed by atoms with Crippen molar-refractivity contribution in [3.8, 4) is 0 Å². The number of nitrogens with one attached hydrogen (secondary N) is 1. The topological polar surface area (TPSA) is 15.3 Å². The van der Waals surface area contributed by atoms with Gasteiger partial charge >= 0.3 is 0 Å². The van der Waals surface area contributed by atoms with E-state index in [1.165, 1.54) is 36.9 Å². The molecule has 106 valence electrons. The summed E-state index contributed by atoms with van der Waals surface area (Å²) in [6.07, 6.45) is 3.98. The van der Waals surface area contributed by atoms with Crippen molar-refractivity contribution in [1.82, 2.24) is 10.2 Å². The molecule has 1 fully saturated rings. The highest BCUT2D eigenvalue weighted by Gasteiger charge is 2.33. The lowest BCUT2D eigenvalue weighted by Gasteiger charge is -2.43. The molecule has 0 heterocycles. The summed E-state index contributed by atoms with van der Waals surface area (Å²) in [6.45, 7) is 7.81. The van der Waals surface area contributed by atoms with Crippen LogP contribution in [0.5, 0.6) is 0 Å². The second kappa shape index (κ2) is 7.06. The fraction of sp³-hybridized carbons (Fsp3) is 0.647. The third-order valence-corrected chi connectivity index (χ3v) is 4.33. The molecule has 0 spiro atoms. The van der Waals surface area contributed by atoms with Crippen LogP contribution < -0.4 is 5.32 Å². The number of nitrogens with zero attached hydrogens (tertiary/aromatic N) is 1. The number of rotatable bonds is 7. The Morgan fingerprint density at radius 2 is 1.95 bits per heavy atom. The summed E-state index contributed by atoms with van der Waals surface area (Å²) in [5.41, 5.74) is 2.77. The monoisotopic (exact) mass is 260 g/mol. The molecule has 0 amide bonds. The van der Waals surface area contributed by atoms with E-state index in [1.807, 2.05) is 0 Å². The highest BCUT2D eigenvalue weighted by molar-refractivity contribution is 5.21. The second-order valence-corrected chi connectivity index (χ2v) is 6.01. The SMILES string of the molecule is CCCNCC1CCC1N(C)Cc1ccc(C)cc1. The van der Waals surface area contributed by atoms with Crippen molar-refractivity contribution in [2.45, 2.75) is 45.7 Å². The van der Waals surface area contributed by atoms with Gasteiger partial charge in [0.1, 0.15) is 0 Å². The van der Waals surface area contributed by atoms with Gasteiger partial charge in [-0.2, -0.15) is 0 Å². The van der Waals surface area contributed by atoms with Crippen molar-refractivity contribution in [3.63, 3.8) is 0 Å². The van der Waals surface area contributed by atoms with Crippen molar-refractivity contribution < 1.29 is 0 Å². The van der Waals surface area contributed by atoms with Gasteiger partial charge in [0.2, 0.25) is 0 Å². The molecule has 0 bridgehead atoms. The summed E-state index contributed by atoms with van der Waals surface area (Å²) >= 11 is 0. The Balaban J connectivity index is 1.79. The van der Waals surface area contributed by atoms with Gasteiger partial charge in [0.15, 0.2) is 0 Å². The summed E-state index contributed by atoms with van der Waals surface area (Å²) in [5.74, 6) is 0.849. The molecule has 2 rings (SSSR count). The van der Waals surface area contributed by atoms with Gasteiger partial charge in [-0.25, -0.2) is 0 Å². The van der Waals surface area contributed by atoms with Gasteiger partial charge in [-0.3, -0.25) is 4.90 Å². The maximum atomic E-state index is 3.57. The van der Waals surface area contributed by atoms with Crippen LogP contribution in [0, 0.1) is 12.8 Å². The molecule has 1 aromatic carbocycles. The fourth-order valence-corrected chi connectivity index (χ4v) is 2.93. The molecule has 0 aromatic heterocycles. The zero-order valence-corrected chi connectivity index (χ0v) is 12.7. The third kappa shape index (κ3) is 4.05. The molecule has 0 radical (unpaired) electrons. The lowest BCUT2D eigenvalue weighted by atomic mass is 9.78. The van der Waals surface area contributed by atoms with E-state index in [9.17, 15) is 0 Å². The molecule has 19 heavy (non-hydrogen) atoms. The quantitative estimate of drug-likeness (QED) is 0.757. The third-order valence-electron chi connectivity index (χ3n) is 4.33. The van der Waals surface area contributed by atoms with E-state index >= 15 is 0 Å². The van der Waals surface area contributed by atoms with E-state index in [0.29, 0.717) is 0 Å². The smallest absolute Gasteiger partial charge is 0.0233 e. The van der Waals surface area contributed by atoms with Crippen molar-refractivity contribution in [2.24, 2.45) is 5.92 Å². The van der Waals surface area contributed by atoms with E-state index < -0.39 is 0 Å². The predicted molar refractivity (Wildman–Crippen MR) is 82.3 cm³/mol. The van der Waals surface area contributed by atoms with Crippen LogP contribution in [0.15, 0.2) is 24.3 Å². The van der Waals surface area contributed by atoms with Crippen molar-refractivity contribution in [1.29, 1.82) is 0 Å². The van der Waals surface area contributed by atoms with Crippen LogP contribution in [0.25, 0.3) is 0 Å². The van der Waals surface area contributed by atoms with Gasteiger partial charge < -0.3 is 5.32 Å². The summed E-state index contributed by atoms with van der Waals surface area (Å²) in [5, 5.41) is 3.57. The normalized spacial score (nSPS) is 22.5. The Morgan fingerprint density at radius 3 is 2.53 bits per heavy atom. The van der Waals surface area contributed by atoms with Crippen molar-refractivity contribution in [3.05, 3.63) is 35.4 Å². The van der Waals surface area contributed by atoms with Gasteiger partial charge in [0, 0.05) is 12.6 Å². The molecule has 1 aromatic rings. The molecule has 2 atom stereocenters. The van der Waals surface area contributed by atoms with Gasteiger partial charge in [-0.1, -0.05) is 36.8 Å². The van der Waals surface area contributed by atoms with E-state index in [1.54, 1.807) is 0 Å². The zero-order chi connectivity index (χ0) is 13.7. The first-order valence-corrected chi connectivity index (χ1v) is 7.67. The molecule has 2 unspecified atom stereocenters. The Hall–Kier alpha value is -0.860. The Bertz CT molecular complexity index is 371. The molecule has 1 N–H and O–H groups in total. The lowest BCUT2D eigenvalue weighted by molar-refractivity contribution is 0.0782. The fourth-order valence-electron chi connectivity index (χ4n) is 2.93. The van der Waals surface area contributed by atoms with Gasteiger partial charge in [0.05, 0.1) is 0 Å². The van der Waals surface area contributed by atoms with Crippen LogP contribution in [0.2, 0.25) is 0 Å². The van der Waals surface area contributed by atoms with Crippen LogP contribution in [-0.2, 0) is 6.54 Å². The van der Waals surface area contributed by atoms with Crippen LogP contribution >= 0.6 is 0 Å². The first-order valence-electron chi connectivity index (χ1n) is 7.67. The number of benzene rings is 1. The molecule has 2 nitrogen and oxygen atoms in total. The standard InChI is InChI=1S/C17H28N2/c1-4-11-18-12-16-9-10-17(16)19(3)13-15-7-5-14(2)6-8-15/h5-8,16-18H,4,9-13H2,1-3H3. The highest BCUT2D eigenvalue weighted by Crippen LogP contribution is 2.31. The van der Waals surface area contributed by atoms with Crippen LogP contribution in [0.4, 0.5) is 0 Å². The molecule has 1 aliphatic rings. The first kappa shape index (κ1) is 14.5. The lowest BCUT2D eigenvalue weighted by Crippen LogP contribution is -2.48. The van der Waals surface area contributed by atoms with Gasteiger partial charge in [-0.05, 0) is 57.8 Å². The molecular weight excluding hydrogens is 232 g/mol. The minimum absolute atomic E-state index is 0.769. The minimum Gasteiger partial charge on any atom is -0.316 e. The molecule has 0 aliphatic heterocycles. The summed E-state index contributed by atoms with van der Waals surface area (Å²) in [4.78, 5) is 2.53. The first-order chi connectivity index (χ1) is 9.20. The Labute approximate surface area is 118 Å². The van der Waals surface area contributed by atoms with E-state index in [4.69, 9.17) is 0 Å². The molecule has 2 heteroatoms. The van der Waals surface area contributed by atoms with E-state index in [2.05, 4.69) is 55.4 Å². The van der Waals surface area contributed by atoms with Crippen LogP contribution in [-0.4, -0.2) is 31.1 Å². The van der Waals surface area contributed by atoms with E-state index in [0.717, 1.165) is 25.0 Å². The molecule has 1 aliphatic carbocycles. The number of aryl methyl sites for hydroxylation is 1. The van der Waals surface area contributed by atoms with E-state index in [-0.39, 0.29) is 0 Å². The van der Waals surface area contributed by atoms with Crippen molar-refractivity contribution >= 4 is 0 Å². The predicted octanol–water partition coefficient (Wildman–Crippen LogP) is 3.21. The maximum Gasteiger partial charge on any atom is 0.0233 e. The number of hydrogen-bond donors (Lipinski definition) is 1. The minimum atomic E-state index is 0.769.